The summed E-state index contributed by atoms with van der Waals surface area (Å²) in [6.07, 6.45) is -10.5. The monoisotopic (exact) mass is 505 g/mol. The molecule has 0 spiro atoms. The molecule has 0 aliphatic heterocycles. The quantitative estimate of drug-likeness (QED) is 0.333. The van der Waals surface area contributed by atoms with E-state index in [-0.39, 0.29) is 10.9 Å². The molecular formula is C17H13F8N4O3S+. The van der Waals surface area contributed by atoms with Crippen LogP contribution in [0.25, 0.3) is 22.7 Å². The number of aromatic nitrogens is 4. The van der Waals surface area contributed by atoms with E-state index in [1.165, 1.54) is 0 Å². The Balaban J connectivity index is 2.34. The van der Waals surface area contributed by atoms with E-state index in [9.17, 15) is 48.7 Å². The number of fused-ring (bicyclic) bond motifs is 1. The second-order valence-corrected chi connectivity index (χ2v) is 9.07. The summed E-state index contributed by atoms with van der Waals surface area (Å²) in [6.45, 7) is 1.15. The third kappa shape index (κ3) is 4.06. The Bertz CT molecular complexity index is 1350. The minimum absolute atomic E-state index is 0.0844. The SMILES string of the molecule is CCS(=O)(=O)c1cc(C(F)(F)F)cnc1-c1nc2cc(C(F)(F)C(F)(F)F)c[n+](O)c2n1C. The number of alkyl halides is 8. The average Bonchev–Trinajstić information content (AvgIpc) is 3.02. The van der Waals surface area contributed by atoms with E-state index >= 15 is 0 Å². The van der Waals surface area contributed by atoms with Gasteiger partial charge in [0.1, 0.15) is 11.9 Å². The largest absolute Gasteiger partial charge is 0.458 e. The van der Waals surface area contributed by atoms with Crippen molar-refractivity contribution in [3.05, 3.63) is 35.7 Å². The Kier molecular flexibility index (Phi) is 5.59. The van der Waals surface area contributed by atoms with Crippen molar-refractivity contribution >= 4 is 21.0 Å². The third-order valence-corrected chi connectivity index (χ3v) is 6.43. The molecule has 0 aliphatic carbocycles. The summed E-state index contributed by atoms with van der Waals surface area (Å²) in [5.41, 5.74) is -4.75. The zero-order chi connectivity index (χ0) is 25.1. The minimum atomic E-state index is -6.00. The molecule has 3 rings (SSSR count). The topological polar surface area (TPSA) is 89.0 Å². The standard InChI is InChI=1S/C17H13F8N4O3S/c1-3-33(31,32)11-5-8(16(20,21)22)6-26-12(11)13-27-10-4-9(15(18,19)17(23,24)25)7-29(30)14(10)28(13)2/h4-7,30H,3H2,1-2H3/q+1. The fourth-order valence-electron chi connectivity index (χ4n) is 2.96. The zero-order valence-corrected chi connectivity index (χ0v) is 17.3. The Morgan fingerprint density at radius 1 is 1.06 bits per heavy atom. The first-order valence-electron chi connectivity index (χ1n) is 8.78. The van der Waals surface area contributed by atoms with Crippen molar-refractivity contribution < 1.29 is 53.5 Å². The molecule has 180 valence electrons. The van der Waals surface area contributed by atoms with E-state index in [2.05, 4.69) is 9.97 Å². The second kappa shape index (κ2) is 7.50. The summed E-state index contributed by atoms with van der Waals surface area (Å²) in [5.74, 6) is -6.50. The molecule has 0 atom stereocenters. The number of rotatable bonds is 4. The molecule has 7 nitrogen and oxygen atoms in total. The first-order valence-corrected chi connectivity index (χ1v) is 10.4. The summed E-state index contributed by atoms with van der Waals surface area (Å²) in [6, 6.07) is 0.633. The van der Waals surface area contributed by atoms with Gasteiger partial charge in [-0.2, -0.15) is 40.1 Å². The van der Waals surface area contributed by atoms with E-state index in [0.717, 1.165) is 18.5 Å². The highest BCUT2D eigenvalue weighted by atomic mass is 32.2. The molecule has 3 aromatic heterocycles. The van der Waals surface area contributed by atoms with Crippen LogP contribution in [0.15, 0.2) is 29.4 Å². The number of pyridine rings is 2. The van der Waals surface area contributed by atoms with Gasteiger partial charge in [-0.15, -0.1) is 0 Å². The van der Waals surface area contributed by atoms with Crippen LogP contribution in [0.1, 0.15) is 18.1 Å². The smallest absolute Gasteiger partial charge is 0.350 e. The van der Waals surface area contributed by atoms with Crippen LogP contribution in [0.2, 0.25) is 0 Å². The van der Waals surface area contributed by atoms with Gasteiger partial charge in [-0.1, -0.05) is 6.92 Å². The van der Waals surface area contributed by atoms with Crippen LogP contribution >= 0.6 is 0 Å². The summed E-state index contributed by atoms with van der Waals surface area (Å²) in [5, 5.41) is 10.0. The van der Waals surface area contributed by atoms with Crippen LogP contribution in [-0.2, 0) is 29.0 Å². The summed E-state index contributed by atoms with van der Waals surface area (Å²) in [7, 11) is -3.20. The molecule has 1 N–H and O–H groups in total. The van der Waals surface area contributed by atoms with Crippen molar-refractivity contribution in [2.45, 2.75) is 30.1 Å². The fourth-order valence-corrected chi connectivity index (χ4v) is 4.02. The van der Waals surface area contributed by atoms with Gasteiger partial charge in [0, 0.05) is 6.20 Å². The van der Waals surface area contributed by atoms with Gasteiger partial charge in [0.2, 0.25) is 5.82 Å². The maximum absolute atomic E-state index is 13.7. The highest BCUT2D eigenvalue weighted by molar-refractivity contribution is 7.91. The number of hydrogen-bond donors (Lipinski definition) is 1. The van der Waals surface area contributed by atoms with E-state index in [1.54, 1.807) is 0 Å². The molecular weight excluding hydrogens is 492 g/mol. The van der Waals surface area contributed by atoms with Crippen LogP contribution in [0.3, 0.4) is 0 Å². The highest BCUT2D eigenvalue weighted by Gasteiger charge is 2.59. The normalized spacial score (nSPS) is 13.6. The molecule has 0 aromatic carbocycles. The van der Waals surface area contributed by atoms with Gasteiger partial charge in [0.05, 0.1) is 28.8 Å². The van der Waals surface area contributed by atoms with Crippen molar-refractivity contribution in [3.8, 4) is 11.5 Å². The van der Waals surface area contributed by atoms with E-state index < -0.39 is 72.6 Å². The van der Waals surface area contributed by atoms with Gasteiger partial charge in [0.15, 0.2) is 15.4 Å². The molecule has 0 aliphatic rings. The average molecular weight is 505 g/mol. The predicted octanol–water partition coefficient (Wildman–Crippen LogP) is 3.63. The summed E-state index contributed by atoms with van der Waals surface area (Å²) >= 11 is 0. The van der Waals surface area contributed by atoms with Gasteiger partial charge < -0.3 is 5.21 Å². The first-order chi connectivity index (χ1) is 14.9. The van der Waals surface area contributed by atoms with Gasteiger partial charge in [-0.25, -0.2) is 18.0 Å². The van der Waals surface area contributed by atoms with Crippen molar-refractivity contribution in [1.82, 2.24) is 14.5 Å². The Labute approximate surface area is 179 Å². The molecule has 0 saturated heterocycles. The van der Waals surface area contributed by atoms with E-state index in [1.807, 2.05) is 0 Å². The van der Waals surface area contributed by atoms with Crippen LogP contribution in [0, 0.1) is 0 Å². The second-order valence-electron chi connectivity index (χ2n) is 6.82. The van der Waals surface area contributed by atoms with Gasteiger partial charge in [-0.05, 0) is 16.9 Å². The van der Waals surface area contributed by atoms with Crippen molar-refractivity contribution in [2.75, 3.05) is 5.75 Å². The molecule has 3 aromatic rings. The number of imidazole rings is 1. The maximum atomic E-state index is 13.7. The van der Waals surface area contributed by atoms with Crippen molar-refractivity contribution in [1.29, 1.82) is 0 Å². The predicted molar refractivity (Wildman–Crippen MR) is 94.0 cm³/mol. The van der Waals surface area contributed by atoms with Crippen molar-refractivity contribution in [2.24, 2.45) is 7.05 Å². The lowest BCUT2D eigenvalue weighted by Crippen LogP contribution is -2.39. The lowest BCUT2D eigenvalue weighted by Gasteiger charge is -2.18. The highest BCUT2D eigenvalue weighted by Crippen LogP contribution is 2.44. The summed E-state index contributed by atoms with van der Waals surface area (Å²) in [4.78, 5) is 6.41. The summed E-state index contributed by atoms with van der Waals surface area (Å²) < 4.78 is 131. The number of halogens is 8. The Morgan fingerprint density at radius 3 is 2.18 bits per heavy atom. The molecule has 0 radical (unpaired) electrons. The number of hydrogen-bond acceptors (Lipinski definition) is 5. The fraction of sp³-hybridized carbons (Fsp3) is 0.353. The Morgan fingerprint density at radius 2 is 1.67 bits per heavy atom. The molecule has 0 amide bonds. The lowest BCUT2D eigenvalue weighted by molar-refractivity contribution is -0.886. The van der Waals surface area contributed by atoms with Gasteiger partial charge in [0.25, 0.3) is 0 Å². The van der Waals surface area contributed by atoms with E-state index in [4.69, 9.17) is 0 Å². The van der Waals surface area contributed by atoms with Crippen LogP contribution in [0.5, 0.6) is 0 Å². The van der Waals surface area contributed by atoms with E-state index in [0.29, 0.717) is 18.3 Å². The zero-order valence-electron chi connectivity index (χ0n) is 16.5. The van der Waals surface area contributed by atoms with Crippen LogP contribution in [0.4, 0.5) is 35.1 Å². The minimum Gasteiger partial charge on any atom is -0.350 e. The molecule has 0 unspecified atom stereocenters. The van der Waals surface area contributed by atoms with Crippen LogP contribution in [-0.4, -0.2) is 40.1 Å². The lowest BCUT2D eigenvalue weighted by atomic mass is 10.1. The van der Waals surface area contributed by atoms with Gasteiger partial charge in [-0.3, -0.25) is 0 Å². The number of sulfone groups is 1. The molecule has 0 bridgehead atoms. The Hall–Kier alpha value is -3.04. The number of nitrogens with zero attached hydrogens (tertiary/aromatic N) is 4. The molecule has 3 heterocycles. The van der Waals surface area contributed by atoms with Crippen LogP contribution < -0.4 is 4.73 Å². The third-order valence-electron chi connectivity index (χ3n) is 4.69. The molecule has 16 heteroatoms. The van der Waals surface area contributed by atoms with Crippen molar-refractivity contribution in [3.63, 3.8) is 0 Å². The van der Waals surface area contributed by atoms with Gasteiger partial charge >= 0.3 is 23.9 Å². The first kappa shape index (κ1) is 24.6. The number of aryl methyl sites for hydroxylation is 1. The molecule has 0 fully saturated rings. The molecule has 33 heavy (non-hydrogen) atoms. The maximum Gasteiger partial charge on any atom is 0.458 e. The molecule has 0 saturated carbocycles.